The molecule has 2 unspecified atom stereocenters. The molecular formula is C14H16N2O4S. The topological polar surface area (TPSA) is 93.3 Å². The summed E-state index contributed by atoms with van der Waals surface area (Å²) in [6, 6.07) is 9.22. The summed E-state index contributed by atoms with van der Waals surface area (Å²) in [7, 11) is -2.97. The predicted octanol–water partition coefficient (Wildman–Crippen LogP) is 1.25. The van der Waals surface area contributed by atoms with Crippen LogP contribution < -0.4 is 0 Å². The molecule has 1 saturated heterocycles. The molecule has 0 spiro atoms. The van der Waals surface area contributed by atoms with Crippen molar-refractivity contribution in [2.75, 3.05) is 11.5 Å². The van der Waals surface area contributed by atoms with Crippen molar-refractivity contribution in [1.82, 2.24) is 10.1 Å². The molecule has 1 aliphatic heterocycles. The number of benzene rings is 1. The maximum absolute atomic E-state index is 11.5. The second kappa shape index (κ2) is 5.57. The van der Waals surface area contributed by atoms with Gasteiger partial charge in [0.05, 0.1) is 24.0 Å². The first kappa shape index (κ1) is 14.2. The van der Waals surface area contributed by atoms with Gasteiger partial charge in [0.1, 0.15) is 0 Å². The van der Waals surface area contributed by atoms with Crippen LogP contribution in [-0.4, -0.2) is 35.2 Å². The minimum absolute atomic E-state index is 0.0766. The van der Waals surface area contributed by atoms with Crippen LogP contribution >= 0.6 is 0 Å². The summed E-state index contributed by atoms with van der Waals surface area (Å²) >= 11 is 0. The lowest BCUT2D eigenvalue weighted by atomic mass is 10.1. The average molecular weight is 308 g/mol. The minimum atomic E-state index is -2.97. The van der Waals surface area contributed by atoms with E-state index in [1.807, 2.05) is 30.3 Å². The van der Waals surface area contributed by atoms with Crippen LogP contribution in [0.15, 0.2) is 34.9 Å². The third-order valence-corrected chi connectivity index (χ3v) is 5.40. The molecular weight excluding hydrogens is 292 g/mol. The normalized spacial score (nSPS) is 22.2. The standard InChI is InChI=1S/C14H16N2O4S/c17-12(10-4-2-1-3-5-10)8-13-15-14(16-20-13)11-6-7-21(18,19)9-11/h1-5,11-12,17H,6-9H2. The van der Waals surface area contributed by atoms with Crippen molar-refractivity contribution in [2.24, 2.45) is 0 Å². The number of sulfone groups is 1. The van der Waals surface area contributed by atoms with Gasteiger partial charge in [-0.1, -0.05) is 35.5 Å². The largest absolute Gasteiger partial charge is 0.388 e. The van der Waals surface area contributed by atoms with Crippen LogP contribution in [0.3, 0.4) is 0 Å². The molecule has 6 nitrogen and oxygen atoms in total. The van der Waals surface area contributed by atoms with E-state index in [2.05, 4.69) is 10.1 Å². The molecule has 0 saturated carbocycles. The van der Waals surface area contributed by atoms with Gasteiger partial charge in [-0.2, -0.15) is 4.98 Å². The van der Waals surface area contributed by atoms with E-state index in [1.165, 1.54) is 0 Å². The van der Waals surface area contributed by atoms with E-state index in [9.17, 15) is 13.5 Å². The van der Waals surface area contributed by atoms with Crippen molar-refractivity contribution in [3.05, 3.63) is 47.6 Å². The molecule has 0 aliphatic carbocycles. The van der Waals surface area contributed by atoms with E-state index >= 15 is 0 Å². The van der Waals surface area contributed by atoms with Gasteiger partial charge in [-0.25, -0.2) is 8.42 Å². The molecule has 1 aromatic heterocycles. The number of hydrogen-bond donors (Lipinski definition) is 1. The van der Waals surface area contributed by atoms with Gasteiger partial charge in [0.15, 0.2) is 15.7 Å². The molecule has 1 aromatic carbocycles. The van der Waals surface area contributed by atoms with Crippen molar-refractivity contribution < 1.29 is 18.0 Å². The monoisotopic (exact) mass is 308 g/mol. The first-order chi connectivity index (χ1) is 10.0. The Morgan fingerprint density at radius 3 is 2.76 bits per heavy atom. The molecule has 2 aromatic rings. The molecule has 2 atom stereocenters. The highest BCUT2D eigenvalue weighted by atomic mass is 32.2. The van der Waals surface area contributed by atoms with E-state index in [0.717, 1.165) is 5.56 Å². The molecule has 1 aliphatic rings. The minimum Gasteiger partial charge on any atom is -0.388 e. The Morgan fingerprint density at radius 2 is 2.10 bits per heavy atom. The highest BCUT2D eigenvalue weighted by Gasteiger charge is 2.32. The van der Waals surface area contributed by atoms with Crippen LogP contribution in [-0.2, 0) is 16.3 Å². The van der Waals surface area contributed by atoms with Gasteiger partial charge in [0.2, 0.25) is 5.89 Å². The zero-order valence-electron chi connectivity index (χ0n) is 11.3. The Bertz CT molecular complexity index is 712. The molecule has 2 heterocycles. The van der Waals surface area contributed by atoms with E-state index < -0.39 is 15.9 Å². The Hall–Kier alpha value is -1.73. The van der Waals surface area contributed by atoms with Crippen molar-refractivity contribution in [3.63, 3.8) is 0 Å². The van der Waals surface area contributed by atoms with Gasteiger partial charge in [-0.05, 0) is 12.0 Å². The molecule has 0 bridgehead atoms. The lowest BCUT2D eigenvalue weighted by molar-refractivity contribution is 0.164. The number of aliphatic hydroxyl groups is 1. The van der Waals surface area contributed by atoms with Crippen molar-refractivity contribution in [3.8, 4) is 0 Å². The van der Waals surface area contributed by atoms with E-state index in [0.29, 0.717) is 18.1 Å². The van der Waals surface area contributed by atoms with Crippen molar-refractivity contribution in [2.45, 2.75) is 24.9 Å². The summed E-state index contributed by atoms with van der Waals surface area (Å²) in [6.45, 7) is 0. The Balaban J connectivity index is 1.68. The van der Waals surface area contributed by atoms with Gasteiger partial charge >= 0.3 is 0 Å². The summed E-state index contributed by atoms with van der Waals surface area (Å²) in [5, 5.41) is 14.0. The third kappa shape index (κ3) is 3.30. The maximum atomic E-state index is 11.5. The highest BCUT2D eigenvalue weighted by molar-refractivity contribution is 7.91. The first-order valence-electron chi connectivity index (χ1n) is 6.79. The fourth-order valence-corrected chi connectivity index (χ4v) is 4.21. The molecule has 3 rings (SSSR count). The van der Waals surface area contributed by atoms with Gasteiger partial charge in [0.25, 0.3) is 0 Å². The van der Waals surface area contributed by atoms with E-state index in [1.54, 1.807) is 0 Å². The summed E-state index contributed by atoms with van der Waals surface area (Å²) in [6.07, 6.45) is 0.0331. The van der Waals surface area contributed by atoms with E-state index in [4.69, 9.17) is 4.52 Å². The molecule has 1 N–H and O–H groups in total. The number of aliphatic hydroxyl groups excluding tert-OH is 1. The average Bonchev–Trinajstić information content (AvgIpc) is 3.06. The molecule has 0 radical (unpaired) electrons. The zero-order chi connectivity index (χ0) is 14.9. The number of aromatic nitrogens is 2. The second-order valence-corrected chi connectivity index (χ2v) is 7.51. The quantitative estimate of drug-likeness (QED) is 0.913. The zero-order valence-corrected chi connectivity index (χ0v) is 12.2. The van der Waals surface area contributed by atoms with Crippen molar-refractivity contribution >= 4 is 9.84 Å². The number of nitrogens with zero attached hydrogens (tertiary/aromatic N) is 2. The second-order valence-electron chi connectivity index (χ2n) is 5.28. The van der Waals surface area contributed by atoms with Crippen LogP contribution in [0.2, 0.25) is 0 Å². The molecule has 0 amide bonds. The Kier molecular flexibility index (Phi) is 3.77. The lowest BCUT2D eigenvalue weighted by Crippen LogP contribution is -2.06. The summed E-state index contributed by atoms with van der Waals surface area (Å²) in [5.41, 5.74) is 0.778. The van der Waals surface area contributed by atoms with Crippen molar-refractivity contribution in [1.29, 1.82) is 0 Å². The summed E-state index contributed by atoms with van der Waals surface area (Å²) in [4.78, 5) is 4.22. The summed E-state index contributed by atoms with van der Waals surface area (Å²) < 4.78 is 28.0. The summed E-state index contributed by atoms with van der Waals surface area (Å²) in [5.74, 6) is 0.805. The Labute approximate surface area is 122 Å². The molecule has 7 heteroatoms. The first-order valence-corrected chi connectivity index (χ1v) is 8.61. The third-order valence-electron chi connectivity index (χ3n) is 3.63. The number of hydrogen-bond acceptors (Lipinski definition) is 6. The van der Waals surface area contributed by atoms with Gasteiger partial charge < -0.3 is 9.63 Å². The fraction of sp³-hybridized carbons (Fsp3) is 0.429. The molecule has 1 fully saturated rings. The van der Waals surface area contributed by atoms with E-state index in [-0.39, 0.29) is 23.8 Å². The van der Waals surface area contributed by atoms with Gasteiger partial charge in [-0.15, -0.1) is 0 Å². The molecule has 21 heavy (non-hydrogen) atoms. The SMILES string of the molecule is O=S1(=O)CCC(c2noc(CC(O)c3ccccc3)n2)C1. The lowest BCUT2D eigenvalue weighted by Gasteiger charge is -2.07. The van der Waals surface area contributed by atoms with Gasteiger partial charge in [-0.3, -0.25) is 0 Å². The number of rotatable bonds is 4. The maximum Gasteiger partial charge on any atom is 0.229 e. The van der Waals surface area contributed by atoms with Crippen LogP contribution in [0.1, 0.15) is 35.7 Å². The smallest absolute Gasteiger partial charge is 0.229 e. The molecule has 112 valence electrons. The fourth-order valence-electron chi connectivity index (χ4n) is 2.47. The van der Waals surface area contributed by atoms with Crippen LogP contribution in [0.4, 0.5) is 0 Å². The van der Waals surface area contributed by atoms with Crippen LogP contribution in [0, 0.1) is 0 Å². The Morgan fingerprint density at radius 1 is 1.33 bits per heavy atom. The highest BCUT2D eigenvalue weighted by Crippen LogP contribution is 2.27. The van der Waals surface area contributed by atoms with Crippen LogP contribution in [0.25, 0.3) is 0 Å². The van der Waals surface area contributed by atoms with Crippen LogP contribution in [0.5, 0.6) is 0 Å². The predicted molar refractivity (Wildman–Crippen MR) is 75.4 cm³/mol. The van der Waals surface area contributed by atoms with Gasteiger partial charge in [0, 0.05) is 5.92 Å².